The average Bonchev–Trinajstić information content (AvgIpc) is 3.17. The van der Waals surface area contributed by atoms with Gasteiger partial charge in [-0.25, -0.2) is 0 Å². The zero-order valence-electron chi connectivity index (χ0n) is 20.6. The number of hydrogen-bond acceptors (Lipinski definition) is 6. The second kappa shape index (κ2) is 10.9. The smallest absolute Gasteiger partial charge is 0.230 e. The number of benzene rings is 4. The summed E-state index contributed by atoms with van der Waals surface area (Å²) in [5.41, 5.74) is 3.83. The van der Waals surface area contributed by atoms with Gasteiger partial charge < -0.3 is 9.47 Å². The molecule has 0 N–H and O–H groups in total. The Morgan fingerprint density at radius 1 is 0.590 bits per heavy atom. The fourth-order valence-electron chi connectivity index (χ4n) is 4.49. The van der Waals surface area contributed by atoms with Gasteiger partial charge in [0.2, 0.25) is 6.79 Å². The molecular weight excluding hydrogens is 484 g/mol. The number of hydrogen-bond donors (Lipinski definition) is 0. The fraction of sp³-hybridized carbons (Fsp3) is 0.0303. The first-order valence-electron chi connectivity index (χ1n) is 11.9. The van der Waals surface area contributed by atoms with Gasteiger partial charge in [-0.1, -0.05) is 60.7 Å². The van der Waals surface area contributed by atoms with E-state index in [1.807, 2.05) is 97.1 Å². The van der Waals surface area contributed by atoms with Crippen LogP contribution in [0.1, 0.15) is 11.1 Å². The van der Waals surface area contributed by atoms with Crippen LogP contribution in [0.2, 0.25) is 0 Å². The van der Waals surface area contributed by atoms with Crippen LogP contribution in [-0.4, -0.2) is 6.79 Å². The predicted octanol–water partition coefficient (Wildman–Crippen LogP) is 7.36. The molecular formula is C33H18N4O2. The highest BCUT2D eigenvalue weighted by Crippen LogP contribution is 2.47. The predicted molar refractivity (Wildman–Crippen MR) is 150 cm³/mol. The van der Waals surface area contributed by atoms with E-state index >= 15 is 0 Å². The molecule has 0 saturated carbocycles. The van der Waals surface area contributed by atoms with Gasteiger partial charge in [-0.15, -0.1) is 0 Å². The van der Waals surface area contributed by atoms with E-state index in [4.69, 9.17) is 30.5 Å². The van der Waals surface area contributed by atoms with E-state index in [-0.39, 0.29) is 17.9 Å². The summed E-state index contributed by atoms with van der Waals surface area (Å²) in [4.78, 5) is 0. The third-order valence-electron chi connectivity index (χ3n) is 6.28. The lowest BCUT2D eigenvalue weighted by atomic mass is 9.91. The van der Waals surface area contributed by atoms with E-state index in [9.17, 15) is 0 Å². The highest BCUT2D eigenvalue weighted by atomic mass is 16.7. The fourth-order valence-corrected chi connectivity index (χ4v) is 4.49. The minimum atomic E-state index is 0.0437. The van der Waals surface area contributed by atoms with Crippen molar-refractivity contribution in [1.82, 2.24) is 0 Å². The van der Waals surface area contributed by atoms with Crippen molar-refractivity contribution in [3.63, 3.8) is 0 Å². The van der Waals surface area contributed by atoms with Crippen LogP contribution in [0.5, 0.6) is 11.5 Å². The van der Waals surface area contributed by atoms with Gasteiger partial charge in [0, 0.05) is 11.1 Å². The lowest BCUT2D eigenvalue weighted by Gasteiger charge is -2.14. The summed E-state index contributed by atoms with van der Waals surface area (Å²) in [5, 5.41) is 39.7. The van der Waals surface area contributed by atoms with Crippen molar-refractivity contribution < 1.29 is 9.47 Å². The molecule has 0 bridgehead atoms. The minimum absolute atomic E-state index is 0.0437. The van der Waals surface area contributed by atoms with Gasteiger partial charge in [0.1, 0.15) is 46.9 Å². The monoisotopic (exact) mass is 502 g/mol. The summed E-state index contributed by atoms with van der Waals surface area (Å²) in [6.07, 6.45) is 10.1. The Morgan fingerprint density at radius 2 is 1.03 bits per heavy atom. The summed E-state index contributed by atoms with van der Waals surface area (Å²) in [7, 11) is 0. The van der Waals surface area contributed by atoms with Crippen LogP contribution in [0, 0.1) is 45.3 Å². The molecule has 5 rings (SSSR count). The van der Waals surface area contributed by atoms with Crippen LogP contribution in [0.3, 0.4) is 0 Å². The molecule has 0 amide bonds. The molecule has 0 spiro atoms. The molecule has 4 aromatic rings. The van der Waals surface area contributed by atoms with Gasteiger partial charge in [-0.2, -0.15) is 21.0 Å². The van der Waals surface area contributed by atoms with Crippen molar-refractivity contribution in [2.45, 2.75) is 0 Å². The molecule has 0 saturated heterocycles. The second-order valence-electron chi connectivity index (χ2n) is 8.57. The molecule has 4 aromatic carbocycles. The molecule has 0 fully saturated rings. The highest BCUT2D eigenvalue weighted by molar-refractivity contribution is 6.10. The van der Waals surface area contributed by atoms with Crippen LogP contribution in [0.15, 0.2) is 96.1 Å². The number of allylic oxidation sites excluding steroid dienone is 6. The maximum absolute atomic E-state index is 8.92. The Kier molecular flexibility index (Phi) is 6.88. The number of ether oxygens (including phenoxy) is 2. The molecule has 1 aliphatic rings. The third-order valence-corrected chi connectivity index (χ3v) is 6.28. The Morgan fingerprint density at radius 3 is 1.44 bits per heavy atom. The summed E-state index contributed by atoms with van der Waals surface area (Å²) in [5.74, 6) is 1.45. The summed E-state index contributed by atoms with van der Waals surface area (Å²) in [6, 6.07) is 27.4. The highest BCUT2D eigenvalue weighted by Gasteiger charge is 2.21. The van der Waals surface area contributed by atoms with E-state index in [1.165, 1.54) is 12.2 Å². The molecule has 0 atom stereocenters. The molecule has 0 radical (unpaired) electrons. The standard InChI is InChI=1S/C33H18N4O2/c34-17-24(18-35)5-1-3-22-7-11-28-26(15-22)9-13-30-32(28)33-29-12-8-23(4-2-6-25(19-36)20-37)16-27(29)10-14-31(33)39-21-38-30/h1-16H,21H2/b3-1+,4-2+. The molecule has 6 nitrogen and oxygen atoms in total. The van der Waals surface area contributed by atoms with E-state index in [0.717, 1.165) is 55.3 Å². The first-order valence-corrected chi connectivity index (χ1v) is 11.9. The van der Waals surface area contributed by atoms with Crippen molar-refractivity contribution in [2.75, 3.05) is 6.79 Å². The van der Waals surface area contributed by atoms with Crippen molar-refractivity contribution in [2.24, 2.45) is 0 Å². The normalized spacial score (nSPS) is 11.6. The molecule has 0 unspecified atom stereocenters. The van der Waals surface area contributed by atoms with E-state index in [1.54, 1.807) is 12.2 Å². The SMILES string of the molecule is N#CC(C#N)=C/C=C/c1ccc2c3c(ccc2c1)OCOc1ccc2cc(/C=C/C=C(C#N)C#N)ccc2c1-3. The van der Waals surface area contributed by atoms with Gasteiger partial charge in [0.25, 0.3) is 0 Å². The lowest BCUT2D eigenvalue weighted by Crippen LogP contribution is -2.03. The number of nitrogens with zero attached hydrogens (tertiary/aromatic N) is 4. The maximum atomic E-state index is 8.92. The lowest BCUT2D eigenvalue weighted by molar-refractivity contribution is 0.125. The third kappa shape index (κ3) is 4.96. The van der Waals surface area contributed by atoms with Crippen molar-refractivity contribution >= 4 is 33.7 Å². The molecule has 39 heavy (non-hydrogen) atoms. The number of nitriles is 4. The van der Waals surface area contributed by atoms with Crippen molar-refractivity contribution in [3.8, 4) is 46.9 Å². The molecule has 0 aromatic heterocycles. The Balaban J connectivity index is 1.62. The van der Waals surface area contributed by atoms with Crippen LogP contribution >= 0.6 is 0 Å². The quantitative estimate of drug-likeness (QED) is 0.213. The van der Waals surface area contributed by atoms with Gasteiger partial charge in [0.05, 0.1) is 0 Å². The van der Waals surface area contributed by atoms with Crippen molar-refractivity contribution in [3.05, 3.63) is 107 Å². The van der Waals surface area contributed by atoms with Crippen LogP contribution in [0.25, 0.3) is 44.8 Å². The van der Waals surface area contributed by atoms with Crippen LogP contribution < -0.4 is 9.47 Å². The second-order valence-corrected chi connectivity index (χ2v) is 8.57. The summed E-state index contributed by atoms with van der Waals surface area (Å²) in [6.45, 7) is 0.0948. The summed E-state index contributed by atoms with van der Waals surface area (Å²) >= 11 is 0. The van der Waals surface area contributed by atoms with E-state index < -0.39 is 0 Å². The van der Waals surface area contributed by atoms with E-state index in [2.05, 4.69) is 0 Å². The Labute approximate surface area is 225 Å². The van der Waals surface area contributed by atoms with Crippen LogP contribution in [-0.2, 0) is 0 Å². The van der Waals surface area contributed by atoms with Gasteiger partial charge in [-0.05, 0) is 69.1 Å². The first-order chi connectivity index (χ1) is 19.1. The van der Waals surface area contributed by atoms with Gasteiger partial charge in [0.15, 0.2) is 0 Å². The molecule has 1 heterocycles. The maximum Gasteiger partial charge on any atom is 0.230 e. The van der Waals surface area contributed by atoms with Gasteiger partial charge in [-0.3, -0.25) is 0 Å². The molecule has 1 aliphatic heterocycles. The number of rotatable bonds is 4. The average molecular weight is 503 g/mol. The first kappa shape index (κ1) is 24.6. The van der Waals surface area contributed by atoms with Crippen LogP contribution in [0.4, 0.5) is 0 Å². The van der Waals surface area contributed by atoms with E-state index in [0.29, 0.717) is 0 Å². The molecule has 0 aliphatic carbocycles. The molecule has 6 heteroatoms. The van der Waals surface area contributed by atoms with Gasteiger partial charge >= 0.3 is 0 Å². The summed E-state index contributed by atoms with van der Waals surface area (Å²) < 4.78 is 12.0. The zero-order chi connectivity index (χ0) is 27.2. The topological polar surface area (TPSA) is 114 Å². The largest absolute Gasteiger partial charge is 0.457 e. The van der Waals surface area contributed by atoms with Crippen molar-refractivity contribution in [1.29, 1.82) is 21.0 Å². The Bertz CT molecular complexity index is 1760. The Hall–Kier alpha value is -6.08. The molecule has 182 valence electrons. The minimum Gasteiger partial charge on any atom is -0.457 e. The number of fused-ring (bicyclic) bond motifs is 7. The zero-order valence-corrected chi connectivity index (χ0v) is 20.6.